The van der Waals surface area contributed by atoms with Gasteiger partial charge in [0, 0.05) is 11.1 Å². The fraction of sp³-hybridized carbons (Fsp3) is 0.348. The second-order valence-electron chi connectivity index (χ2n) is 6.94. The molecule has 1 aliphatic carbocycles. The van der Waals surface area contributed by atoms with Crippen molar-refractivity contribution in [2.45, 2.75) is 12.8 Å². The lowest BCUT2D eigenvalue weighted by Gasteiger charge is -2.23. The molecule has 2 aromatic rings. The average molecular weight is 428 g/mol. The van der Waals surface area contributed by atoms with Crippen molar-refractivity contribution in [3.8, 4) is 40.2 Å². The Labute approximate surface area is 180 Å². The van der Waals surface area contributed by atoms with Gasteiger partial charge in [-0.25, -0.2) is 0 Å². The minimum Gasteiger partial charge on any atom is -0.493 e. The van der Waals surface area contributed by atoms with Crippen molar-refractivity contribution in [1.29, 1.82) is 0 Å². The molecular weight excluding hydrogens is 404 g/mol. The SMILES string of the molecule is COc1cc(/C=C2\CCc3c(OC)c4c(c(OC)c3C2=O)OCO4)cc(OC)c1OC. The molecule has 0 spiro atoms. The topological polar surface area (TPSA) is 81.7 Å². The molecule has 0 bridgehead atoms. The first-order valence-electron chi connectivity index (χ1n) is 9.69. The molecule has 164 valence electrons. The highest BCUT2D eigenvalue weighted by atomic mass is 16.7. The van der Waals surface area contributed by atoms with E-state index in [0.717, 1.165) is 11.1 Å². The predicted molar refractivity (Wildman–Crippen MR) is 112 cm³/mol. The smallest absolute Gasteiger partial charge is 0.231 e. The highest BCUT2D eigenvalue weighted by molar-refractivity contribution is 6.16. The lowest BCUT2D eigenvalue weighted by atomic mass is 9.84. The van der Waals surface area contributed by atoms with Crippen LogP contribution >= 0.6 is 0 Å². The Hall–Kier alpha value is -3.55. The van der Waals surface area contributed by atoms with Crippen LogP contribution in [0.25, 0.3) is 6.08 Å². The van der Waals surface area contributed by atoms with Crippen LogP contribution in [0.4, 0.5) is 0 Å². The van der Waals surface area contributed by atoms with Gasteiger partial charge in [-0.05, 0) is 36.6 Å². The largest absolute Gasteiger partial charge is 0.493 e. The molecule has 0 aromatic heterocycles. The van der Waals surface area contributed by atoms with Crippen molar-refractivity contribution in [2.75, 3.05) is 42.3 Å². The highest BCUT2D eigenvalue weighted by Gasteiger charge is 2.37. The first-order chi connectivity index (χ1) is 15.1. The zero-order valence-corrected chi connectivity index (χ0v) is 18.1. The number of benzene rings is 2. The molecule has 2 aliphatic rings. The van der Waals surface area contributed by atoms with E-state index in [9.17, 15) is 4.79 Å². The molecule has 0 radical (unpaired) electrons. The van der Waals surface area contributed by atoms with E-state index in [1.54, 1.807) is 40.6 Å². The van der Waals surface area contributed by atoms with E-state index in [2.05, 4.69) is 0 Å². The Morgan fingerprint density at radius 2 is 1.35 bits per heavy atom. The number of ketones is 1. The van der Waals surface area contributed by atoms with E-state index in [0.29, 0.717) is 64.2 Å². The molecule has 0 saturated carbocycles. The van der Waals surface area contributed by atoms with Crippen LogP contribution < -0.4 is 33.2 Å². The van der Waals surface area contributed by atoms with E-state index in [-0.39, 0.29) is 12.6 Å². The third-order valence-electron chi connectivity index (χ3n) is 5.43. The monoisotopic (exact) mass is 428 g/mol. The van der Waals surface area contributed by atoms with Gasteiger partial charge < -0.3 is 33.2 Å². The van der Waals surface area contributed by atoms with Crippen molar-refractivity contribution in [3.05, 3.63) is 34.4 Å². The van der Waals surface area contributed by atoms with Crippen LogP contribution in [0.3, 0.4) is 0 Å². The minimum absolute atomic E-state index is 0.0489. The predicted octanol–water partition coefficient (Wildman–Crippen LogP) is 3.67. The summed E-state index contributed by atoms with van der Waals surface area (Å²) in [6, 6.07) is 3.60. The molecule has 31 heavy (non-hydrogen) atoms. The number of carbonyl (C=O) groups is 1. The Kier molecular flexibility index (Phi) is 5.54. The summed E-state index contributed by atoms with van der Waals surface area (Å²) in [5, 5.41) is 0. The number of rotatable bonds is 6. The number of hydrogen-bond donors (Lipinski definition) is 0. The summed E-state index contributed by atoms with van der Waals surface area (Å²) in [5.74, 6) is 3.12. The molecule has 2 aromatic carbocycles. The summed E-state index contributed by atoms with van der Waals surface area (Å²) >= 11 is 0. The van der Waals surface area contributed by atoms with Gasteiger partial charge in [0.15, 0.2) is 28.8 Å². The summed E-state index contributed by atoms with van der Waals surface area (Å²) in [5.41, 5.74) is 2.58. The van der Waals surface area contributed by atoms with Crippen molar-refractivity contribution in [3.63, 3.8) is 0 Å². The van der Waals surface area contributed by atoms with Gasteiger partial charge in [-0.1, -0.05) is 0 Å². The summed E-state index contributed by atoms with van der Waals surface area (Å²) in [4.78, 5) is 13.5. The molecule has 1 heterocycles. The molecule has 1 aliphatic heterocycles. The fourth-order valence-electron chi connectivity index (χ4n) is 4.06. The van der Waals surface area contributed by atoms with Gasteiger partial charge in [0.25, 0.3) is 0 Å². The van der Waals surface area contributed by atoms with E-state index in [4.69, 9.17) is 33.2 Å². The molecule has 0 N–H and O–H groups in total. The van der Waals surface area contributed by atoms with Gasteiger partial charge >= 0.3 is 0 Å². The Balaban J connectivity index is 1.83. The van der Waals surface area contributed by atoms with Gasteiger partial charge in [-0.2, -0.15) is 0 Å². The van der Waals surface area contributed by atoms with Crippen LogP contribution in [0.2, 0.25) is 0 Å². The summed E-state index contributed by atoms with van der Waals surface area (Å²) in [6.45, 7) is 0.0489. The van der Waals surface area contributed by atoms with Crippen LogP contribution in [0.15, 0.2) is 17.7 Å². The molecule has 8 heteroatoms. The number of methoxy groups -OCH3 is 5. The van der Waals surface area contributed by atoms with Crippen LogP contribution in [0.1, 0.15) is 27.9 Å². The first-order valence-corrected chi connectivity index (χ1v) is 9.69. The third-order valence-corrected chi connectivity index (χ3v) is 5.43. The molecule has 0 fully saturated rings. The number of carbonyl (C=O) groups excluding carboxylic acids is 1. The lowest BCUT2D eigenvalue weighted by molar-refractivity contribution is 0.102. The fourth-order valence-corrected chi connectivity index (χ4v) is 4.06. The van der Waals surface area contributed by atoms with Crippen molar-refractivity contribution in [1.82, 2.24) is 0 Å². The third kappa shape index (κ3) is 3.28. The van der Waals surface area contributed by atoms with Gasteiger partial charge in [-0.15, -0.1) is 0 Å². The minimum atomic E-state index is -0.150. The lowest BCUT2D eigenvalue weighted by Crippen LogP contribution is -2.17. The maximum Gasteiger partial charge on any atom is 0.231 e. The van der Waals surface area contributed by atoms with Crippen LogP contribution in [-0.2, 0) is 6.42 Å². The van der Waals surface area contributed by atoms with E-state index in [1.165, 1.54) is 7.11 Å². The standard InChI is InChI=1S/C23H24O8/c1-25-15-9-12(10-16(26-2)20(15)28-4)8-13-6-7-14-17(18(13)24)21(29-5)23-22(19(14)27-3)30-11-31-23/h8-10H,6-7,11H2,1-5H3/b13-8+. The molecule has 8 nitrogen and oxygen atoms in total. The number of allylic oxidation sites excluding steroid dienone is 1. The maximum atomic E-state index is 13.5. The van der Waals surface area contributed by atoms with E-state index >= 15 is 0 Å². The molecule has 0 atom stereocenters. The molecular formula is C23H24O8. The first kappa shape index (κ1) is 20.7. The van der Waals surface area contributed by atoms with Gasteiger partial charge in [0.05, 0.1) is 41.1 Å². The zero-order chi connectivity index (χ0) is 22.1. The van der Waals surface area contributed by atoms with Crippen molar-refractivity contribution >= 4 is 11.9 Å². The second-order valence-corrected chi connectivity index (χ2v) is 6.94. The molecule has 4 rings (SSSR count). The Bertz CT molecular complexity index is 1040. The summed E-state index contributed by atoms with van der Waals surface area (Å²) in [7, 11) is 7.71. The maximum absolute atomic E-state index is 13.5. The van der Waals surface area contributed by atoms with E-state index < -0.39 is 0 Å². The zero-order valence-electron chi connectivity index (χ0n) is 18.1. The average Bonchev–Trinajstić information content (AvgIpc) is 3.28. The van der Waals surface area contributed by atoms with Crippen molar-refractivity contribution < 1.29 is 38.0 Å². The van der Waals surface area contributed by atoms with Crippen LogP contribution in [0.5, 0.6) is 40.2 Å². The quantitative estimate of drug-likeness (QED) is 0.645. The number of fused-ring (bicyclic) bond motifs is 2. The Morgan fingerprint density at radius 1 is 0.774 bits per heavy atom. The molecule has 0 unspecified atom stereocenters. The van der Waals surface area contributed by atoms with Crippen molar-refractivity contribution in [2.24, 2.45) is 0 Å². The van der Waals surface area contributed by atoms with E-state index in [1.807, 2.05) is 6.08 Å². The molecule has 0 saturated heterocycles. The highest BCUT2D eigenvalue weighted by Crippen LogP contribution is 2.54. The number of Topliss-reactive ketones (excluding diaryl/α,β-unsaturated/α-hetero) is 1. The summed E-state index contributed by atoms with van der Waals surface area (Å²) < 4.78 is 38.5. The van der Waals surface area contributed by atoms with Crippen LogP contribution in [-0.4, -0.2) is 48.1 Å². The number of hydrogen-bond acceptors (Lipinski definition) is 8. The second kappa shape index (κ2) is 8.29. The van der Waals surface area contributed by atoms with Gasteiger partial charge in [0.1, 0.15) is 0 Å². The number of ether oxygens (including phenoxy) is 7. The van der Waals surface area contributed by atoms with Crippen LogP contribution in [0, 0.1) is 0 Å². The normalized spacial score (nSPS) is 15.5. The molecule has 0 amide bonds. The Morgan fingerprint density at radius 3 is 1.90 bits per heavy atom. The summed E-state index contributed by atoms with van der Waals surface area (Å²) in [6.07, 6.45) is 2.95. The van der Waals surface area contributed by atoms with Gasteiger partial charge in [-0.3, -0.25) is 4.79 Å². The van der Waals surface area contributed by atoms with Gasteiger partial charge in [0.2, 0.25) is 24.0 Å².